The second-order valence-corrected chi connectivity index (χ2v) is 5.84. The number of amides is 1. The fraction of sp³-hybridized carbons (Fsp3) is 0.412. The molecular formula is C17H19NO4. The van der Waals surface area contributed by atoms with Gasteiger partial charge in [0.15, 0.2) is 0 Å². The summed E-state index contributed by atoms with van der Waals surface area (Å²) in [6.07, 6.45) is 4.23. The molecule has 1 aromatic carbocycles. The highest BCUT2D eigenvalue weighted by Crippen LogP contribution is 2.26. The third-order valence-electron chi connectivity index (χ3n) is 4.28. The van der Waals surface area contributed by atoms with Gasteiger partial charge in [-0.1, -0.05) is 18.2 Å². The summed E-state index contributed by atoms with van der Waals surface area (Å²) in [6.45, 7) is 1.35. The Bertz CT molecular complexity index is 691. The van der Waals surface area contributed by atoms with E-state index < -0.39 is 5.97 Å². The van der Waals surface area contributed by atoms with E-state index in [4.69, 9.17) is 9.52 Å². The molecule has 0 bridgehead atoms. The second kappa shape index (κ2) is 6.22. The summed E-state index contributed by atoms with van der Waals surface area (Å²) in [6, 6.07) is 7.50. The first-order valence-electron chi connectivity index (χ1n) is 7.62. The quantitative estimate of drug-likeness (QED) is 0.941. The lowest BCUT2D eigenvalue weighted by Gasteiger charge is -2.32. The van der Waals surface area contributed by atoms with E-state index in [-0.39, 0.29) is 18.2 Å². The zero-order valence-corrected chi connectivity index (χ0v) is 12.3. The molecule has 0 unspecified atom stereocenters. The number of carboxylic acids is 1. The SMILES string of the molecule is O=C(O)CC[C@H]1CCCN(C(=O)c2coc3ccccc23)C1. The van der Waals surface area contributed by atoms with Crippen LogP contribution in [0.2, 0.25) is 0 Å². The first-order chi connectivity index (χ1) is 10.6. The summed E-state index contributed by atoms with van der Waals surface area (Å²) in [5, 5.41) is 9.63. The predicted molar refractivity (Wildman–Crippen MR) is 81.7 cm³/mol. The van der Waals surface area contributed by atoms with E-state index in [1.165, 1.54) is 6.26 Å². The average Bonchev–Trinajstić information content (AvgIpc) is 2.96. The van der Waals surface area contributed by atoms with Crippen LogP contribution in [0.5, 0.6) is 0 Å². The van der Waals surface area contributed by atoms with Gasteiger partial charge in [0.1, 0.15) is 11.8 Å². The van der Waals surface area contributed by atoms with Gasteiger partial charge in [0.2, 0.25) is 0 Å². The van der Waals surface area contributed by atoms with Gasteiger partial charge in [-0.2, -0.15) is 0 Å². The zero-order chi connectivity index (χ0) is 15.5. The maximum atomic E-state index is 12.7. The molecule has 1 N–H and O–H groups in total. The van der Waals surface area contributed by atoms with Gasteiger partial charge in [0.05, 0.1) is 5.56 Å². The van der Waals surface area contributed by atoms with E-state index in [2.05, 4.69) is 0 Å². The van der Waals surface area contributed by atoms with Crippen molar-refractivity contribution >= 4 is 22.8 Å². The number of nitrogens with zero attached hydrogens (tertiary/aromatic N) is 1. The van der Waals surface area contributed by atoms with Gasteiger partial charge in [-0.05, 0) is 31.2 Å². The van der Waals surface area contributed by atoms with Crippen molar-refractivity contribution in [3.05, 3.63) is 36.1 Å². The summed E-state index contributed by atoms with van der Waals surface area (Å²) in [4.78, 5) is 25.2. The number of aliphatic carboxylic acids is 1. The van der Waals surface area contributed by atoms with Crippen LogP contribution in [-0.2, 0) is 4.79 Å². The summed E-state index contributed by atoms with van der Waals surface area (Å²) < 4.78 is 5.44. The molecule has 1 aromatic heterocycles. The Morgan fingerprint density at radius 1 is 1.32 bits per heavy atom. The maximum absolute atomic E-state index is 12.7. The van der Waals surface area contributed by atoms with Crippen molar-refractivity contribution in [2.24, 2.45) is 5.92 Å². The molecule has 1 atom stereocenters. The van der Waals surface area contributed by atoms with E-state index in [0.717, 1.165) is 24.8 Å². The summed E-state index contributed by atoms with van der Waals surface area (Å²) in [7, 11) is 0. The van der Waals surface area contributed by atoms with Crippen LogP contribution in [0.1, 0.15) is 36.0 Å². The highest BCUT2D eigenvalue weighted by Gasteiger charge is 2.26. The Balaban J connectivity index is 1.73. The number of hydrogen-bond acceptors (Lipinski definition) is 3. The molecular weight excluding hydrogens is 282 g/mol. The monoisotopic (exact) mass is 301 g/mol. The predicted octanol–water partition coefficient (Wildman–Crippen LogP) is 3.15. The Morgan fingerprint density at radius 2 is 2.14 bits per heavy atom. The Morgan fingerprint density at radius 3 is 2.95 bits per heavy atom. The first kappa shape index (κ1) is 14.6. The van der Waals surface area contributed by atoms with Crippen LogP contribution in [0.15, 0.2) is 34.9 Å². The van der Waals surface area contributed by atoms with Gasteiger partial charge in [-0.3, -0.25) is 9.59 Å². The molecule has 2 aromatic rings. The number of carbonyl (C=O) groups excluding carboxylic acids is 1. The van der Waals surface area contributed by atoms with Gasteiger partial charge >= 0.3 is 5.97 Å². The van der Waals surface area contributed by atoms with Crippen molar-refractivity contribution in [2.75, 3.05) is 13.1 Å². The van der Waals surface area contributed by atoms with Crippen LogP contribution >= 0.6 is 0 Å². The van der Waals surface area contributed by atoms with Crippen molar-refractivity contribution < 1.29 is 19.1 Å². The van der Waals surface area contributed by atoms with Gasteiger partial charge in [0, 0.05) is 24.9 Å². The number of carboxylic acid groups (broad SMARTS) is 1. The summed E-state index contributed by atoms with van der Waals surface area (Å²) >= 11 is 0. The minimum absolute atomic E-state index is 0.0232. The third-order valence-corrected chi connectivity index (χ3v) is 4.28. The minimum Gasteiger partial charge on any atom is -0.481 e. The number of likely N-dealkylation sites (tertiary alicyclic amines) is 1. The van der Waals surface area contributed by atoms with Crippen molar-refractivity contribution in [1.29, 1.82) is 0 Å². The van der Waals surface area contributed by atoms with Gasteiger partial charge < -0.3 is 14.4 Å². The number of para-hydroxylation sites is 1. The lowest BCUT2D eigenvalue weighted by Crippen LogP contribution is -2.40. The average molecular weight is 301 g/mol. The molecule has 2 heterocycles. The van der Waals surface area contributed by atoms with Gasteiger partial charge in [-0.15, -0.1) is 0 Å². The summed E-state index contributed by atoms with van der Waals surface area (Å²) in [5.41, 5.74) is 1.31. The van der Waals surface area contributed by atoms with E-state index in [9.17, 15) is 9.59 Å². The molecule has 1 aliphatic rings. The second-order valence-electron chi connectivity index (χ2n) is 5.84. The van der Waals surface area contributed by atoms with Crippen molar-refractivity contribution in [3.63, 3.8) is 0 Å². The van der Waals surface area contributed by atoms with E-state index >= 15 is 0 Å². The van der Waals surface area contributed by atoms with Crippen LogP contribution in [0, 0.1) is 5.92 Å². The van der Waals surface area contributed by atoms with Gasteiger partial charge in [-0.25, -0.2) is 0 Å². The van der Waals surface area contributed by atoms with Crippen molar-refractivity contribution in [2.45, 2.75) is 25.7 Å². The molecule has 1 aliphatic heterocycles. The topological polar surface area (TPSA) is 70.8 Å². The maximum Gasteiger partial charge on any atom is 0.303 e. The normalized spacial score (nSPS) is 18.5. The van der Waals surface area contributed by atoms with Crippen LogP contribution in [0.4, 0.5) is 0 Å². The number of fused-ring (bicyclic) bond motifs is 1. The van der Waals surface area contributed by atoms with Crippen molar-refractivity contribution in [1.82, 2.24) is 4.90 Å². The Hall–Kier alpha value is -2.30. The van der Waals surface area contributed by atoms with Crippen LogP contribution in [0.25, 0.3) is 11.0 Å². The molecule has 22 heavy (non-hydrogen) atoms. The fourth-order valence-electron chi connectivity index (χ4n) is 3.13. The molecule has 116 valence electrons. The number of benzene rings is 1. The van der Waals surface area contributed by atoms with Crippen LogP contribution < -0.4 is 0 Å². The van der Waals surface area contributed by atoms with E-state index in [1.54, 1.807) is 0 Å². The Labute approximate surface area is 128 Å². The van der Waals surface area contributed by atoms with E-state index in [1.807, 2.05) is 29.2 Å². The van der Waals surface area contributed by atoms with Crippen molar-refractivity contribution in [3.8, 4) is 0 Å². The molecule has 5 nitrogen and oxygen atoms in total. The number of furan rings is 1. The standard InChI is InChI=1S/C17H19NO4/c19-16(20)8-7-12-4-3-9-18(10-12)17(21)14-11-22-15-6-2-1-5-13(14)15/h1-2,5-6,11-12H,3-4,7-10H2,(H,19,20)/t12-/m1/s1. The molecule has 5 heteroatoms. The van der Waals surface area contributed by atoms with E-state index in [0.29, 0.717) is 24.1 Å². The lowest BCUT2D eigenvalue weighted by atomic mass is 9.93. The number of rotatable bonds is 4. The number of carbonyl (C=O) groups is 2. The molecule has 0 saturated carbocycles. The highest BCUT2D eigenvalue weighted by molar-refractivity contribution is 6.05. The molecule has 1 saturated heterocycles. The molecule has 1 amide bonds. The fourth-order valence-corrected chi connectivity index (χ4v) is 3.13. The highest BCUT2D eigenvalue weighted by atomic mass is 16.4. The molecule has 1 fully saturated rings. The van der Waals surface area contributed by atoms with Crippen LogP contribution in [-0.4, -0.2) is 35.0 Å². The number of piperidine rings is 1. The number of hydrogen-bond donors (Lipinski definition) is 1. The molecule has 0 aliphatic carbocycles. The Kier molecular flexibility index (Phi) is 4.13. The molecule has 0 radical (unpaired) electrons. The van der Waals surface area contributed by atoms with Crippen LogP contribution in [0.3, 0.4) is 0 Å². The lowest BCUT2D eigenvalue weighted by molar-refractivity contribution is -0.137. The third kappa shape index (κ3) is 2.98. The first-order valence-corrected chi connectivity index (χ1v) is 7.62. The largest absolute Gasteiger partial charge is 0.481 e. The van der Waals surface area contributed by atoms with Gasteiger partial charge in [0.25, 0.3) is 5.91 Å². The smallest absolute Gasteiger partial charge is 0.303 e. The molecule has 3 rings (SSSR count). The minimum atomic E-state index is -0.774. The molecule has 0 spiro atoms. The summed E-state index contributed by atoms with van der Waals surface area (Å²) in [5.74, 6) is -0.527. The zero-order valence-electron chi connectivity index (χ0n) is 12.3.